The van der Waals surface area contributed by atoms with Crippen LogP contribution in [0.4, 0.5) is 5.69 Å². The van der Waals surface area contributed by atoms with Crippen LogP contribution >= 0.6 is 0 Å². The number of nitrogens with one attached hydrogen (secondary N) is 1. The van der Waals surface area contributed by atoms with Crippen LogP contribution in [-0.4, -0.2) is 32.6 Å². The average Bonchev–Trinajstić information content (AvgIpc) is 2.88. The van der Waals surface area contributed by atoms with Crippen LogP contribution < -0.4 is 5.32 Å². The van der Waals surface area contributed by atoms with Crippen molar-refractivity contribution >= 4 is 11.6 Å². The molecule has 0 spiro atoms. The molecule has 2 aromatic heterocycles. The van der Waals surface area contributed by atoms with Crippen LogP contribution in [0.5, 0.6) is 0 Å². The van der Waals surface area contributed by atoms with Crippen LogP contribution in [0.25, 0.3) is 0 Å². The number of carbonyl (C=O) groups is 1. The number of hydrogen-bond donors (Lipinski definition) is 1. The Morgan fingerprint density at radius 2 is 2.33 bits per heavy atom. The lowest BCUT2D eigenvalue weighted by Crippen LogP contribution is -2.12. The predicted octanol–water partition coefficient (Wildman–Crippen LogP) is 0.781. The second-order valence-corrected chi connectivity index (χ2v) is 3.93. The maximum absolute atomic E-state index is 11.9. The highest BCUT2D eigenvalue weighted by Gasteiger charge is 2.11. The first kappa shape index (κ1) is 12.3. The number of nitrogens with zero attached hydrogens (tertiary/aromatic N) is 4. The van der Waals surface area contributed by atoms with Gasteiger partial charge in [0.2, 0.25) is 0 Å². The third-order valence-corrected chi connectivity index (χ3v) is 2.50. The highest BCUT2D eigenvalue weighted by Crippen LogP contribution is 2.08. The van der Waals surface area contributed by atoms with Gasteiger partial charge in [0.15, 0.2) is 5.69 Å². The summed E-state index contributed by atoms with van der Waals surface area (Å²) in [4.78, 5) is 11.9. The van der Waals surface area contributed by atoms with E-state index in [0.29, 0.717) is 18.1 Å². The predicted molar refractivity (Wildman–Crippen MR) is 65.1 cm³/mol. The fourth-order valence-corrected chi connectivity index (χ4v) is 1.50. The number of hydrogen-bond acceptors (Lipinski definition) is 4. The molecular weight excluding hydrogens is 234 g/mol. The summed E-state index contributed by atoms with van der Waals surface area (Å²) in [6.07, 6.45) is 3.25. The van der Waals surface area contributed by atoms with Crippen LogP contribution in [-0.2, 0) is 18.5 Å². The molecule has 18 heavy (non-hydrogen) atoms. The minimum Gasteiger partial charge on any atom is -0.362 e. The van der Waals surface area contributed by atoms with Crippen molar-refractivity contribution in [2.75, 3.05) is 12.4 Å². The van der Waals surface area contributed by atoms with Crippen molar-refractivity contribution in [1.82, 2.24) is 19.6 Å². The number of carbonyl (C=O) groups excluding carboxylic acids is 1. The SMILES string of the molecule is COCn1cc(NC(=O)c2cc(C)n(C)n2)cn1. The van der Waals surface area contributed by atoms with E-state index in [4.69, 9.17) is 4.74 Å². The van der Waals surface area contributed by atoms with Gasteiger partial charge in [-0.1, -0.05) is 0 Å². The van der Waals surface area contributed by atoms with Crippen molar-refractivity contribution in [3.8, 4) is 0 Å². The van der Waals surface area contributed by atoms with Crippen molar-refractivity contribution in [3.05, 3.63) is 29.8 Å². The first-order valence-electron chi connectivity index (χ1n) is 5.43. The van der Waals surface area contributed by atoms with Gasteiger partial charge in [0.25, 0.3) is 5.91 Å². The van der Waals surface area contributed by atoms with Gasteiger partial charge >= 0.3 is 0 Å². The zero-order valence-electron chi connectivity index (χ0n) is 10.5. The Morgan fingerprint density at radius 3 is 2.94 bits per heavy atom. The maximum Gasteiger partial charge on any atom is 0.276 e. The van der Waals surface area contributed by atoms with Crippen molar-refractivity contribution in [3.63, 3.8) is 0 Å². The van der Waals surface area contributed by atoms with Crippen molar-refractivity contribution in [2.45, 2.75) is 13.7 Å². The maximum atomic E-state index is 11.9. The molecule has 0 fully saturated rings. The fraction of sp³-hybridized carbons (Fsp3) is 0.364. The molecule has 0 aliphatic rings. The van der Waals surface area contributed by atoms with E-state index in [9.17, 15) is 4.79 Å². The summed E-state index contributed by atoms with van der Waals surface area (Å²) in [6.45, 7) is 2.24. The summed E-state index contributed by atoms with van der Waals surface area (Å²) in [7, 11) is 3.37. The Balaban J connectivity index is 2.06. The minimum atomic E-state index is -0.254. The number of aryl methyl sites for hydroxylation is 2. The van der Waals surface area contributed by atoms with Gasteiger partial charge in [-0.2, -0.15) is 10.2 Å². The van der Waals surface area contributed by atoms with Crippen molar-refractivity contribution in [1.29, 1.82) is 0 Å². The van der Waals surface area contributed by atoms with Gasteiger partial charge in [-0.05, 0) is 13.0 Å². The summed E-state index contributed by atoms with van der Waals surface area (Å²) in [6, 6.07) is 1.73. The van der Waals surface area contributed by atoms with Gasteiger partial charge < -0.3 is 10.1 Å². The second-order valence-electron chi connectivity index (χ2n) is 3.93. The van der Waals surface area contributed by atoms with Crippen LogP contribution in [0, 0.1) is 6.92 Å². The molecule has 1 amide bonds. The van der Waals surface area contributed by atoms with Crippen LogP contribution in [0.2, 0.25) is 0 Å². The van der Waals surface area contributed by atoms with E-state index in [0.717, 1.165) is 5.69 Å². The van der Waals surface area contributed by atoms with Crippen molar-refractivity contribution in [2.24, 2.45) is 7.05 Å². The monoisotopic (exact) mass is 249 g/mol. The Labute approximate surface area is 104 Å². The van der Waals surface area contributed by atoms with Gasteiger partial charge in [0.1, 0.15) is 6.73 Å². The largest absolute Gasteiger partial charge is 0.362 e. The Hall–Kier alpha value is -2.15. The first-order valence-corrected chi connectivity index (χ1v) is 5.43. The number of amides is 1. The van der Waals surface area contributed by atoms with E-state index in [1.807, 2.05) is 6.92 Å². The molecule has 2 heterocycles. The van der Waals surface area contributed by atoms with E-state index in [-0.39, 0.29) is 5.91 Å². The molecule has 0 saturated heterocycles. The Bertz CT molecular complexity index is 538. The number of methoxy groups -OCH3 is 1. The molecule has 0 radical (unpaired) electrons. The van der Waals surface area contributed by atoms with Gasteiger partial charge in [0.05, 0.1) is 18.1 Å². The number of ether oxygens (including phenoxy) is 1. The number of aromatic nitrogens is 4. The van der Waals surface area contributed by atoms with Crippen molar-refractivity contribution < 1.29 is 9.53 Å². The zero-order chi connectivity index (χ0) is 13.1. The molecule has 0 saturated carbocycles. The third-order valence-electron chi connectivity index (χ3n) is 2.50. The van der Waals surface area contributed by atoms with Gasteiger partial charge in [-0.15, -0.1) is 0 Å². The Kier molecular flexibility index (Phi) is 3.42. The topological polar surface area (TPSA) is 74.0 Å². The van der Waals surface area contributed by atoms with Crippen LogP contribution in [0.1, 0.15) is 16.2 Å². The third kappa shape index (κ3) is 2.57. The lowest BCUT2D eigenvalue weighted by Gasteiger charge is -1.99. The fourth-order valence-electron chi connectivity index (χ4n) is 1.50. The molecule has 0 bridgehead atoms. The standard InChI is InChI=1S/C11H15N5O2/c1-8-4-10(14-15(8)2)11(17)13-9-5-12-16(6-9)7-18-3/h4-6H,7H2,1-3H3,(H,13,17). The summed E-state index contributed by atoms with van der Waals surface area (Å²) in [5.74, 6) is -0.254. The molecule has 0 atom stereocenters. The molecule has 0 unspecified atom stereocenters. The first-order chi connectivity index (χ1) is 8.60. The van der Waals surface area contributed by atoms with E-state index in [2.05, 4.69) is 15.5 Å². The normalized spacial score (nSPS) is 10.6. The molecule has 2 aromatic rings. The van der Waals surface area contributed by atoms with Gasteiger partial charge in [-0.3, -0.25) is 9.48 Å². The van der Waals surface area contributed by atoms with Gasteiger partial charge in [0, 0.05) is 19.9 Å². The van der Waals surface area contributed by atoms with E-state index in [1.54, 1.807) is 42.0 Å². The van der Waals surface area contributed by atoms with E-state index in [1.165, 1.54) is 0 Å². The summed E-state index contributed by atoms with van der Waals surface area (Å²) in [5, 5.41) is 10.9. The number of rotatable bonds is 4. The Morgan fingerprint density at radius 1 is 1.56 bits per heavy atom. The average molecular weight is 249 g/mol. The zero-order valence-corrected chi connectivity index (χ0v) is 10.5. The van der Waals surface area contributed by atoms with Gasteiger partial charge in [-0.25, -0.2) is 4.68 Å². The molecule has 2 rings (SSSR count). The van der Waals surface area contributed by atoms with Crippen LogP contribution in [0.15, 0.2) is 18.5 Å². The summed E-state index contributed by atoms with van der Waals surface area (Å²) in [5.41, 5.74) is 1.92. The highest BCUT2D eigenvalue weighted by molar-refractivity contribution is 6.02. The molecule has 0 aliphatic carbocycles. The van der Waals surface area contributed by atoms with E-state index >= 15 is 0 Å². The molecule has 0 aliphatic heterocycles. The molecule has 1 N–H and O–H groups in total. The lowest BCUT2D eigenvalue weighted by molar-refractivity contribution is 0.102. The molecule has 0 aromatic carbocycles. The van der Waals surface area contributed by atoms with E-state index < -0.39 is 0 Å². The summed E-state index contributed by atoms with van der Waals surface area (Å²) >= 11 is 0. The molecule has 7 heteroatoms. The lowest BCUT2D eigenvalue weighted by atomic mass is 10.3. The second kappa shape index (κ2) is 5.01. The minimum absolute atomic E-state index is 0.254. The number of anilines is 1. The molecular formula is C11H15N5O2. The smallest absolute Gasteiger partial charge is 0.276 e. The molecule has 7 nitrogen and oxygen atoms in total. The van der Waals surface area contributed by atoms with Crippen LogP contribution in [0.3, 0.4) is 0 Å². The quantitative estimate of drug-likeness (QED) is 0.869. The molecule has 96 valence electrons. The highest BCUT2D eigenvalue weighted by atomic mass is 16.5. The summed E-state index contributed by atoms with van der Waals surface area (Å²) < 4.78 is 8.16.